The molecule has 0 aliphatic rings. The van der Waals surface area contributed by atoms with Crippen LogP contribution in [0.25, 0.3) is 11.5 Å². The van der Waals surface area contributed by atoms with Crippen LogP contribution in [0.2, 0.25) is 0 Å². The minimum atomic E-state index is 0.524. The second kappa shape index (κ2) is 5.16. The average Bonchev–Trinajstić information content (AvgIpc) is 3.06. The molecule has 0 amide bonds. The lowest BCUT2D eigenvalue weighted by molar-refractivity contribution is 0.533. The molecule has 0 saturated heterocycles. The predicted molar refractivity (Wildman–Crippen MR) is 75.0 cm³/mol. The van der Waals surface area contributed by atoms with Gasteiger partial charge in [-0.2, -0.15) is 0 Å². The van der Waals surface area contributed by atoms with Gasteiger partial charge in [0.25, 0.3) is 0 Å². The van der Waals surface area contributed by atoms with E-state index in [-0.39, 0.29) is 0 Å². The molecule has 0 radical (unpaired) electrons. The van der Waals surface area contributed by atoms with Crippen molar-refractivity contribution in [2.45, 2.75) is 13.5 Å². The number of hydrogen-bond donors (Lipinski definition) is 1. The molecule has 0 bridgehead atoms. The molecule has 3 aromatic rings. The van der Waals surface area contributed by atoms with E-state index in [4.69, 9.17) is 4.42 Å². The van der Waals surface area contributed by atoms with Crippen LogP contribution in [0, 0.1) is 6.92 Å². The molecule has 2 aromatic heterocycles. The number of nitrogens with one attached hydrogen (secondary N) is 1. The maximum absolute atomic E-state index is 5.49. The molecule has 6 nitrogen and oxygen atoms in total. The standard InChI is InChI=1S/C14H15N5O/c1-10-17-18-14(20-10)12-5-3-4-6-13(12)16-8-11-7-15-9-19(11)2/h3-7,9,16H,8H2,1-2H3. The van der Waals surface area contributed by atoms with Crippen molar-refractivity contribution in [3.05, 3.63) is 48.4 Å². The summed E-state index contributed by atoms with van der Waals surface area (Å²) in [7, 11) is 1.97. The number of benzene rings is 1. The zero-order valence-corrected chi connectivity index (χ0v) is 11.4. The van der Waals surface area contributed by atoms with Gasteiger partial charge in [-0.25, -0.2) is 4.98 Å². The lowest BCUT2D eigenvalue weighted by Gasteiger charge is -2.09. The highest BCUT2D eigenvalue weighted by Gasteiger charge is 2.10. The molecular weight excluding hydrogens is 254 g/mol. The number of rotatable bonds is 4. The molecule has 6 heteroatoms. The highest BCUT2D eigenvalue weighted by atomic mass is 16.4. The van der Waals surface area contributed by atoms with Gasteiger partial charge in [0.1, 0.15) is 0 Å². The summed E-state index contributed by atoms with van der Waals surface area (Å²) in [5.41, 5.74) is 2.95. The van der Waals surface area contributed by atoms with E-state index in [1.54, 1.807) is 13.3 Å². The number of nitrogens with zero attached hydrogens (tertiary/aromatic N) is 4. The van der Waals surface area contributed by atoms with Crippen LogP contribution in [-0.4, -0.2) is 19.7 Å². The third kappa shape index (κ3) is 2.40. The Morgan fingerprint density at radius 1 is 1.25 bits per heavy atom. The van der Waals surface area contributed by atoms with Crippen molar-refractivity contribution in [1.82, 2.24) is 19.7 Å². The van der Waals surface area contributed by atoms with Gasteiger partial charge in [-0.3, -0.25) is 0 Å². The first-order valence-electron chi connectivity index (χ1n) is 6.32. The summed E-state index contributed by atoms with van der Waals surface area (Å²) in [5.74, 6) is 1.08. The number of aryl methyl sites for hydroxylation is 2. The SMILES string of the molecule is Cc1nnc(-c2ccccc2NCc2cncn2C)o1. The molecule has 0 spiro atoms. The average molecular weight is 269 g/mol. The van der Waals surface area contributed by atoms with Crippen LogP contribution in [0.5, 0.6) is 0 Å². The smallest absolute Gasteiger partial charge is 0.249 e. The minimum absolute atomic E-state index is 0.524. The topological polar surface area (TPSA) is 68.8 Å². The van der Waals surface area contributed by atoms with Gasteiger partial charge in [0.05, 0.1) is 24.1 Å². The molecule has 0 fully saturated rings. The van der Waals surface area contributed by atoms with Gasteiger partial charge in [0.15, 0.2) is 0 Å². The van der Waals surface area contributed by atoms with Crippen molar-refractivity contribution in [2.24, 2.45) is 7.05 Å². The van der Waals surface area contributed by atoms with Crippen molar-refractivity contribution in [3.63, 3.8) is 0 Å². The van der Waals surface area contributed by atoms with Crippen molar-refractivity contribution in [1.29, 1.82) is 0 Å². The largest absolute Gasteiger partial charge is 0.421 e. The summed E-state index contributed by atoms with van der Waals surface area (Å²) in [4.78, 5) is 4.10. The van der Waals surface area contributed by atoms with Gasteiger partial charge < -0.3 is 14.3 Å². The van der Waals surface area contributed by atoms with Crippen molar-refractivity contribution in [2.75, 3.05) is 5.32 Å². The number of para-hydroxylation sites is 1. The third-order valence-corrected chi connectivity index (χ3v) is 3.06. The van der Waals surface area contributed by atoms with E-state index in [1.165, 1.54) is 0 Å². The van der Waals surface area contributed by atoms with Crippen molar-refractivity contribution in [3.8, 4) is 11.5 Å². The summed E-state index contributed by atoms with van der Waals surface area (Å²) >= 11 is 0. The number of imidazole rings is 1. The van der Waals surface area contributed by atoms with Crippen LogP contribution in [-0.2, 0) is 13.6 Å². The van der Waals surface area contributed by atoms with Gasteiger partial charge in [-0.1, -0.05) is 12.1 Å². The van der Waals surface area contributed by atoms with E-state index in [0.29, 0.717) is 18.3 Å². The van der Waals surface area contributed by atoms with Gasteiger partial charge in [0.2, 0.25) is 11.8 Å². The van der Waals surface area contributed by atoms with Gasteiger partial charge in [0, 0.05) is 25.9 Å². The Labute approximate surface area is 116 Å². The Hall–Kier alpha value is -2.63. The molecule has 0 unspecified atom stereocenters. The predicted octanol–water partition coefficient (Wildman–Crippen LogP) is 2.39. The fourth-order valence-corrected chi connectivity index (χ4v) is 1.97. The van der Waals surface area contributed by atoms with E-state index in [1.807, 2.05) is 42.1 Å². The van der Waals surface area contributed by atoms with Gasteiger partial charge in [-0.05, 0) is 12.1 Å². The first kappa shape index (κ1) is 12.4. The normalized spacial score (nSPS) is 10.7. The van der Waals surface area contributed by atoms with E-state index >= 15 is 0 Å². The Kier molecular flexibility index (Phi) is 3.20. The van der Waals surface area contributed by atoms with Crippen LogP contribution < -0.4 is 5.32 Å². The second-order valence-corrected chi connectivity index (χ2v) is 4.52. The van der Waals surface area contributed by atoms with E-state index in [2.05, 4.69) is 20.5 Å². The molecule has 1 N–H and O–H groups in total. The zero-order valence-electron chi connectivity index (χ0n) is 11.4. The molecule has 0 saturated carbocycles. The molecular formula is C14H15N5O. The summed E-state index contributed by atoms with van der Waals surface area (Å²) in [6.45, 7) is 2.46. The van der Waals surface area contributed by atoms with Crippen LogP contribution >= 0.6 is 0 Å². The zero-order chi connectivity index (χ0) is 13.9. The monoisotopic (exact) mass is 269 g/mol. The number of anilines is 1. The van der Waals surface area contributed by atoms with Crippen molar-refractivity contribution < 1.29 is 4.42 Å². The second-order valence-electron chi connectivity index (χ2n) is 4.52. The Bertz CT molecular complexity index is 716. The lowest BCUT2D eigenvalue weighted by Crippen LogP contribution is -2.04. The first-order valence-corrected chi connectivity index (χ1v) is 6.32. The molecule has 20 heavy (non-hydrogen) atoms. The lowest BCUT2D eigenvalue weighted by atomic mass is 10.1. The Balaban J connectivity index is 1.85. The highest BCUT2D eigenvalue weighted by molar-refractivity contribution is 5.72. The fourth-order valence-electron chi connectivity index (χ4n) is 1.97. The maximum Gasteiger partial charge on any atom is 0.249 e. The summed E-state index contributed by atoms with van der Waals surface area (Å²) < 4.78 is 7.47. The number of aromatic nitrogens is 4. The fraction of sp³-hybridized carbons (Fsp3) is 0.214. The molecule has 0 aliphatic heterocycles. The van der Waals surface area contributed by atoms with E-state index in [9.17, 15) is 0 Å². The van der Waals surface area contributed by atoms with Gasteiger partial charge >= 0.3 is 0 Å². The van der Waals surface area contributed by atoms with Crippen LogP contribution in [0.3, 0.4) is 0 Å². The summed E-state index contributed by atoms with van der Waals surface area (Å²) in [5, 5.41) is 11.3. The first-order chi connectivity index (χ1) is 9.74. The summed E-state index contributed by atoms with van der Waals surface area (Å²) in [6.07, 6.45) is 3.62. The molecule has 0 aliphatic carbocycles. The van der Waals surface area contributed by atoms with E-state index in [0.717, 1.165) is 16.9 Å². The van der Waals surface area contributed by atoms with E-state index < -0.39 is 0 Å². The molecule has 2 heterocycles. The molecule has 0 atom stereocenters. The number of hydrogen-bond acceptors (Lipinski definition) is 5. The summed E-state index contributed by atoms with van der Waals surface area (Å²) in [6, 6.07) is 7.87. The Morgan fingerprint density at radius 3 is 2.80 bits per heavy atom. The van der Waals surface area contributed by atoms with Crippen LogP contribution in [0.15, 0.2) is 41.2 Å². The molecule has 1 aromatic carbocycles. The van der Waals surface area contributed by atoms with Crippen LogP contribution in [0.1, 0.15) is 11.6 Å². The molecule has 102 valence electrons. The van der Waals surface area contributed by atoms with Gasteiger partial charge in [-0.15, -0.1) is 10.2 Å². The molecule has 3 rings (SSSR count). The van der Waals surface area contributed by atoms with Crippen molar-refractivity contribution >= 4 is 5.69 Å². The Morgan fingerprint density at radius 2 is 2.10 bits per heavy atom. The highest BCUT2D eigenvalue weighted by Crippen LogP contribution is 2.26. The third-order valence-electron chi connectivity index (χ3n) is 3.06. The quantitative estimate of drug-likeness (QED) is 0.787. The van der Waals surface area contributed by atoms with Crippen LogP contribution in [0.4, 0.5) is 5.69 Å². The minimum Gasteiger partial charge on any atom is -0.421 e. The maximum atomic E-state index is 5.49.